The summed E-state index contributed by atoms with van der Waals surface area (Å²) in [6.07, 6.45) is 99.0. The van der Waals surface area contributed by atoms with Gasteiger partial charge in [0, 0.05) is 19.3 Å². The average molecular weight is 1510 g/mol. The van der Waals surface area contributed by atoms with Gasteiger partial charge < -0.3 is 34.2 Å². The molecule has 0 bridgehead atoms. The molecule has 4 N–H and O–H groups in total. The Balaban J connectivity index is 4.46. The van der Waals surface area contributed by atoms with Crippen molar-refractivity contribution in [1.82, 2.24) is 0 Å². The van der Waals surface area contributed by atoms with Crippen LogP contribution in [0.25, 0.3) is 0 Å². The summed E-state index contributed by atoms with van der Waals surface area (Å²) >= 11 is 0. The summed E-state index contributed by atoms with van der Waals surface area (Å²) in [5, 5.41) is 20.6. The summed E-state index contributed by atoms with van der Waals surface area (Å²) in [5.74, 6) is -1.68. The van der Waals surface area contributed by atoms with Crippen LogP contribution in [0.5, 0.6) is 0 Å². The number of aliphatic hydroxyl groups excluding tert-OH is 2. The molecule has 0 rings (SSSR count). The van der Waals surface area contributed by atoms with Crippen molar-refractivity contribution in [2.45, 2.75) is 334 Å². The molecule has 0 aromatic heterocycles. The molecular weight excluding hydrogens is 1360 g/mol. The Morgan fingerprint density at radius 1 is 0.276 bits per heavy atom. The van der Waals surface area contributed by atoms with Crippen molar-refractivity contribution >= 4 is 33.6 Å². The van der Waals surface area contributed by atoms with Crippen molar-refractivity contribution in [3.63, 3.8) is 0 Å². The molecule has 0 saturated carbocycles. The number of unbranched alkanes of at least 4 members (excludes halogenated alkanes) is 27. The Hall–Kier alpha value is -4.83. The first-order valence-corrected chi connectivity index (χ1v) is 43.8. The largest absolute Gasteiger partial charge is 0.472 e. The number of phosphoric ester groups is 2. The molecule has 0 saturated heterocycles. The Labute approximate surface area is 638 Å². The monoisotopic (exact) mass is 1510 g/mol. The number of esters is 3. The first kappa shape index (κ1) is 100. The third-order valence-electron chi connectivity index (χ3n) is 16.7. The molecule has 0 fully saturated rings. The third-order valence-corrected chi connectivity index (χ3v) is 18.6. The predicted octanol–water partition coefficient (Wildman–Crippen LogP) is 24.2. The molecule has 105 heavy (non-hydrogen) atoms. The van der Waals surface area contributed by atoms with Gasteiger partial charge in [-0.25, -0.2) is 9.13 Å². The van der Waals surface area contributed by atoms with E-state index in [2.05, 4.69) is 161 Å². The van der Waals surface area contributed by atoms with Crippen LogP contribution >= 0.6 is 15.6 Å². The molecule has 0 aromatic rings. The summed E-state index contributed by atoms with van der Waals surface area (Å²) in [7, 11) is -9.82. The van der Waals surface area contributed by atoms with Crippen LogP contribution in [0, 0.1) is 0 Å². The average Bonchev–Trinajstić information content (AvgIpc) is 0.942. The fourth-order valence-corrected chi connectivity index (χ4v) is 12.2. The molecule has 16 nitrogen and oxygen atoms in total. The van der Waals surface area contributed by atoms with E-state index in [1.165, 1.54) is 122 Å². The molecule has 5 atom stereocenters. The molecule has 0 heterocycles. The number of phosphoric acid groups is 2. The number of carbonyl (C=O) groups excluding carboxylic acids is 3. The van der Waals surface area contributed by atoms with Gasteiger partial charge in [0.1, 0.15) is 25.4 Å². The summed E-state index contributed by atoms with van der Waals surface area (Å²) < 4.78 is 61.0. The second-order valence-corrected chi connectivity index (χ2v) is 29.7. The molecule has 5 unspecified atom stereocenters. The number of aliphatic hydroxyl groups is 2. The van der Waals surface area contributed by atoms with Crippen LogP contribution in [0.15, 0.2) is 158 Å². The highest BCUT2D eigenvalue weighted by Crippen LogP contribution is 2.45. The van der Waals surface area contributed by atoms with Crippen molar-refractivity contribution in [1.29, 1.82) is 0 Å². The molecule has 0 aromatic carbocycles. The highest BCUT2D eigenvalue weighted by atomic mass is 31.2. The quantitative estimate of drug-likeness (QED) is 0.0146. The summed E-state index contributed by atoms with van der Waals surface area (Å²) in [4.78, 5) is 58.6. The van der Waals surface area contributed by atoms with E-state index in [9.17, 15) is 43.5 Å². The van der Waals surface area contributed by atoms with Gasteiger partial charge in [-0.3, -0.25) is 32.5 Å². The number of hydrogen-bond acceptors (Lipinski definition) is 14. The summed E-state index contributed by atoms with van der Waals surface area (Å²) in [6.45, 7) is 2.35. The summed E-state index contributed by atoms with van der Waals surface area (Å²) in [6, 6.07) is 0. The maximum absolute atomic E-state index is 12.9. The number of allylic oxidation sites excluding steroid dienone is 26. The molecule has 0 aliphatic heterocycles. The fraction of sp³-hybridized carbons (Fsp3) is 0.667. The zero-order chi connectivity index (χ0) is 76.6. The van der Waals surface area contributed by atoms with Gasteiger partial charge in [-0.15, -0.1) is 0 Å². The zero-order valence-electron chi connectivity index (χ0n) is 65.6. The molecule has 600 valence electrons. The highest BCUT2D eigenvalue weighted by molar-refractivity contribution is 7.47. The number of ether oxygens (including phenoxy) is 3. The smallest absolute Gasteiger partial charge is 0.463 e. The van der Waals surface area contributed by atoms with E-state index >= 15 is 0 Å². The van der Waals surface area contributed by atoms with E-state index in [1.54, 1.807) is 0 Å². The maximum atomic E-state index is 12.9. The molecule has 18 heteroatoms. The van der Waals surface area contributed by atoms with E-state index in [0.717, 1.165) is 128 Å². The Morgan fingerprint density at radius 2 is 0.524 bits per heavy atom. The summed E-state index contributed by atoms with van der Waals surface area (Å²) in [5.41, 5.74) is 0. The zero-order valence-corrected chi connectivity index (χ0v) is 67.4. The SMILES string of the molecule is CC/C=C\C/C=C\C/C=C\C/C=C\C/C=C\C/C=C\CCCCCCCCCCCCCCCCCCC(=O)OCC(O)COP(=O)(O)OCC(O)COP(=O)(O)OCC(COC(=O)CC/C=C\C/C=C\C/C=C\C/C=C\C/C=C\C/C=C\CC)OC(=O)CCCCCCC/C=C\CCCCCCCC. The number of hydrogen-bond donors (Lipinski definition) is 4. The van der Waals surface area contributed by atoms with Gasteiger partial charge in [-0.2, -0.15) is 0 Å². The predicted molar refractivity (Wildman–Crippen MR) is 435 cm³/mol. The van der Waals surface area contributed by atoms with Crippen LogP contribution in [0.1, 0.15) is 316 Å². The fourth-order valence-electron chi connectivity index (χ4n) is 10.6. The normalized spacial score (nSPS) is 14.8. The minimum Gasteiger partial charge on any atom is -0.463 e. The number of carbonyl (C=O) groups is 3. The van der Waals surface area contributed by atoms with E-state index in [-0.39, 0.29) is 19.3 Å². The van der Waals surface area contributed by atoms with Crippen LogP contribution in [0.2, 0.25) is 0 Å². The van der Waals surface area contributed by atoms with Crippen LogP contribution in [-0.4, -0.2) is 95.9 Å². The first-order valence-electron chi connectivity index (χ1n) is 40.8. The molecule has 0 spiro atoms. The third kappa shape index (κ3) is 80.0. The Morgan fingerprint density at radius 3 is 0.867 bits per heavy atom. The molecule has 0 aliphatic rings. The van der Waals surface area contributed by atoms with E-state index < -0.39 is 91.5 Å². The lowest BCUT2D eigenvalue weighted by Crippen LogP contribution is -2.30. The second kappa shape index (κ2) is 78.7. The van der Waals surface area contributed by atoms with Gasteiger partial charge in [0.15, 0.2) is 6.10 Å². The molecule has 0 aliphatic carbocycles. The lowest BCUT2D eigenvalue weighted by molar-refractivity contribution is -0.161. The van der Waals surface area contributed by atoms with Gasteiger partial charge in [-0.05, 0) is 135 Å². The first-order chi connectivity index (χ1) is 51.2. The molecule has 0 radical (unpaired) electrons. The lowest BCUT2D eigenvalue weighted by atomic mass is 10.0. The maximum Gasteiger partial charge on any atom is 0.472 e. The van der Waals surface area contributed by atoms with Crippen LogP contribution in [0.3, 0.4) is 0 Å². The Kier molecular flexibility index (Phi) is 75.1. The van der Waals surface area contributed by atoms with E-state index in [0.29, 0.717) is 25.7 Å². The highest BCUT2D eigenvalue weighted by Gasteiger charge is 2.29. The van der Waals surface area contributed by atoms with Crippen molar-refractivity contribution in [2.24, 2.45) is 0 Å². The van der Waals surface area contributed by atoms with Crippen molar-refractivity contribution in [3.05, 3.63) is 158 Å². The standard InChI is InChI=1S/C87H146O16P2/c1-4-7-10-13-16-19-22-25-28-30-32-33-34-35-36-37-38-39-40-41-42-43-44-45-46-47-49-51-53-55-58-61-64-67-70-73-85(90)97-76-82(88)77-99-104(93,94)100-78-83(89)79-101-105(95,96)102-81-84(103-87(92)75-72-69-66-63-60-57-52-27-24-21-18-15-12-9-6-3)80-98-86(91)74-71-68-65-62-59-56-54-50-48-31-29-26-23-20-17-14-11-8-5-2/h7-8,10-11,16-17,19-20,25-29,32-33,35-36,38-39,48,50,52,56,59,65,68,82-84,88-89H,4-6,9,12-15,18,21-24,30-31,34,37,40-47,49,51,53-55,57-58,60-64,66-67,69-81H2,1-3H3,(H,93,94)(H,95,96)/b10-7-,11-8-,19-16-,20-17-,28-25-,29-26-,33-32-,36-35-,39-38-,50-48-,52-27-,59-56-,68-65-. The number of rotatable bonds is 76. The van der Waals surface area contributed by atoms with Gasteiger partial charge in [0.05, 0.1) is 26.4 Å². The molecular formula is C87H146O16P2. The van der Waals surface area contributed by atoms with E-state index in [1.807, 2.05) is 18.2 Å². The lowest BCUT2D eigenvalue weighted by Gasteiger charge is -2.21. The van der Waals surface area contributed by atoms with Crippen LogP contribution in [0.4, 0.5) is 0 Å². The van der Waals surface area contributed by atoms with Crippen molar-refractivity contribution in [2.75, 3.05) is 39.6 Å². The van der Waals surface area contributed by atoms with Gasteiger partial charge in [0.25, 0.3) is 0 Å². The van der Waals surface area contributed by atoms with Crippen molar-refractivity contribution in [3.8, 4) is 0 Å². The minimum absolute atomic E-state index is 0.0407. The topological polar surface area (TPSA) is 231 Å². The molecule has 0 amide bonds. The van der Waals surface area contributed by atoms with Crippen molar-refractivity contribution < 1.29 is 75.8 Å². The van der Waals surface area contributed by atoms with Crippen LogP contribution in [-0.2, 0) is 55.8 Å². The van der Waals surface area contributed by atoms with Gasteiger partial charge >= 0.3 is 33.6 Å². The van der Waals surface area contributed by atoms with Crippen LogP contribution < -0.4 is 0 Å². The minimum atomic E-state index is -4.95. The van der Waals surface area contributed by atoms with Gasteiger partial charge in [0.2, 0.25) is 0 Å². The Bertz CT molecular complexity index is 2540. The van der Waals surface area contributed by atoms with E-state index in [4.69, 9.17) is 32.3 Å². The second-order valence-electron chi connectivity index (χ2n) is 26.8. The van der Waals surface area contributed by atoms with Gasteiger partial charge in [-0.1, -0.05) is 320 Å².